The highest BCUT2D eigenvalue weighted by atomic mass is 79.9. The van der Waals surface area contributed by atoms with Crippen molar-refractivity contribution in [2.24, 2.45) is 5.10 Å². The van der Waals surface area contributed by atoms with Crippen LogP contribution in [0.5, 0.6) is 0 Å². The monoisotopic (exact) mass is 361 g/mol. The first-order valence-electron chi connectivity index (χ1n) is 6.31. The third-order valence-electron chi connectivity index (χ3n) is 2.88. The van der Waals surface area contributed by atoms with E-state index >= 15 is 0 Å². The zero-order valence-electron chi connectivity index (χ0n) is 11.6. The van der Waals surface area contributed by atoms with Crippen LogP contribution in [0, 0.1) is 17.0 Å². The van der Waals surface area contributed by atoms with Crippen LogP contribution in [0.3, 0.4) is 0 Å². The van der Waals surface area contributed by atoms with Crippen LogP contribution >= 0.6 is 15.9 Å². The first kappa shape index (κ1) is 15.8. The largest absolute Gasteiger partial charge is 0.271 e. The predicted octanol–water partition coefficient (Wildman–Crippen LogP) is 3.43. The Kier molecular flexibility index (Phi) is 5.00. The van der Waals surface area contributed by atoms with Crippen molar-refractivity contribution in [3.8, 4) is 0 Å². The fraction of sp³-hybridized carbons (Fsp3) is 0.0667. The van der Waals surface area contributed by atoms with Crippen molar-refractivity contribution in [3.05, 3.63) is 73.7 Å². The van der Waals surface area contributed by atoms with Gasteiger partial charge >= 0.3 is 0 Å². The van der Waals surface area contributed by atoms with Gasteiger partial charge in [-0.05, 0) is 41.1 Å². The molecule has 0 radical (unpaired) electrons. The van der Waals surface area contributed by atoms with Crippen LogP contribution in [0.1, 0.15) is 21.5 Å². The van der Waals surface area contributed by atoms with Crippen LogP contribution in [-0.2, 0) is 0 Å². The number of hydrogen-bond acceptors (Lipinski definition) is 4. The van der Waals surface area contributed by atoms with Crippen LogP contribution in [0.2, 0.25) is 0 Å². The van der Waals surface area contributed by atoms with E-state index in [4.69, 9.17) is 0 Å². The summed E-state index contributed by atoms with van der Waals surface area (Å²) in [5.41, 5.74) is 4.58. The van der Waals surface area contributed by atoms with Crippen LogP contribution in [0.25, 0.3) is 0 Å². The molecule has 6 nitrogen and oxygen atoms in total. The molecule has 0 saturated heterocycles. The van der Waals surface area contributed by atoms with Crippen molar-refractivity contribution in [1.29, 1.82) is 0 Å². The normalized spacial score (nSPS) is 10.6. The van der Waals surface area contributed by atoms with Crippen LogP contribution in [0.15, 0.2) is 52.0 Å². The molecule has 2 aromatic rings. The zero-order chi connectivity index (χ0) is 16.1. The van der Waals surface area contributed by atoms with E-state index in [2.05, 4.69) is 26.5 Å². The summed E-state index contributed by atoms with van der Waals surface area (Å²) in [4.78, 5) is 22.0. The molecule has 112 valence electrons. The van der Waals surface area contributed by atoms with E-state index < -0.39 is 4.92 Å². The fourth-order valence-corrected chi connectivity index (χ4v) is 2.13. The van der Waals surface area contributed by atoms with Crippen molar-refractivity contribution in [1.82, 2.24) is 5.43 Å². The molecular formula is C15H12BrN3O3. The van der Waals surface area contributed by atoms with Gasteiger partial charge in [0.15, 0.2) is 0 Å². The zero-order valence-corrected chi connectivity index (χ0v) is 13.2. The van der Waals surface area contributed by atoms with E-state index in [-0.39, 0.29) is 11.6 Å². The summed E-state index contributed by atoms with van der Waals surface area (Å²) in [6.07, 6.45) is 1.42. The SMILES string of the molecule is Cc1ccc(C(=O)N/N=C\c2ccc([N+](=O)[O-])cc2Br)cc1. The van der Waals surface area contributed by atoms with E-state index in [9.17, 15) is 14.9 Å². The Morgan fingerprint density at radius 3 is 2.55 bits per heavy atom. The minimum Gasteiger partial charge on any atom is -0.267 e. The lowest BCUT2D eigenvalue weighted by atomic mass is 10.1. The summed E-state index contributed by atoms with van der Waals surface area (Å²) in [6, 6.07) is 11.4. The van der Waals surface area contributed by atoms with Gasteiger partial charge in [-0.2, -0.15) is 5.10 Å². The van der Waals surface area contributed by atoms with E-state index in [1.165, 1.54) is 18.3 Å². The molecule has 7 heteroatoms. The molecule has 0 aromatic heterocycles. The number of nitrogens with zero attached hydrogens (tertiary/aromatic N) is 2. The topological polar surface area (TPSA) is 84.6 Å². The quantitative estimate of drug-likeness (QED) is 0.514. The average Bonchev–Trinajstić information content (AvgIpc) is 2.49. The van der Waals surface area contributed by atoms with Gasteiger partial charge in [-0.3, -0.25) is 14.9 Å². The van der Waals surface area contributed by atoms with Gasteiger partial charge in [-0.1, -0.05) is 17.7 Å². The first-order valence-corrected chi connectivity index (χ1v) is 7.10. The lowest BCUT2D eigenvalue weighted by Crippen LogP contribution is -2.17. The average molecular weight is 362 g/mol. The van der Waals surface area contributed by atoms with Crippen molar-refractivity contribution in [3.63, 3.8) is 0 Å². The second kappa shape index (κ2) is 6.95. The summed E-state index contributed by atoms with van der Waals surface area (Å²) < 4.78 is 0.523. The van der Waals surface area contributed by atoms with E-state index in [1.807, 2.05) is 19.1 Å². The molecule has 0 saturated carbocycles. The molecule has 22 heavy (non-hydrogen) atoms. The highest BCUT2D eigenvalue weighted by Gasteiger charge is 2.08. The van der Waals surface area contributed by atoms with Crippen LogP contribution < -0.4 is 5.43 Å². The third-order valence-corrected chi connectivity index (χ3v) is 3.57. The van der Waals surface area contributed by atoms with Crippen LogP contribution in [0.4, 0.5) is 5.69 Å². The Labute approximate surface area is 135 Å². The number of carbonyl (C=O) groups excluding carboxylic acids is 1. The molecule has 0 aliphatic heterocycles. The Balaban J connectivity index is 2.05. The molecule has 0 heterocycles. The summed E-state index contributed by atoms with van der Waals surface area (Å²) in [7, 11) is 0. The Morgan fingerprint density at radius 2 is 1.95 bits per heavy atom. The van der Waals surface area contributed by atoms with E-state index in [0.717, 1.165) is 5.56 Å². The smallest absolute Gasteiger partial charge is 0.267 e. The minimum atomic E-state index is -0.481. The van der Waals surface area contributed by atoms with E-state index in [0.29, 0.717) is 15.6 Å². The number of nitro groups is 1. The molecule has 0 aliphatic carbocycles. The number of benzene rings is 2. The molecule has 0 atom stereocenters. The number of rotatable bonds is 4. The molecule has 0 fully saturated rings. The summed E-state index contributed by atoms with van der Waals surface area (Å²) in [5.74, 6) is -0.325. The second-order valence-electron chi connectivity index (χ2n) is 4.53. The first-order chi connectivity index (χ1) is 10.5. The number of hydrogen-bond donors (Lipinski definition) is 1. The van der Waals surface area contributed by atoms with Gasteiger partial charge < -0.3 is 0 Å². The molecule has 2 aromatic carbocycles. The van der Waals surface area contributed by atoms with Gasteiger partial charge in [0.2, 0.25) is 0 Å². The predicted molar refractivity (Wildman–Crippen MR) is 87.0 cm³/mol. The molecule has 1 amide bonds. The van der Waals surface area contributed by atoms with Crippen molar-refractivity contribution < 1.29 is 9.72 Å². The minimum absolute atomic E-state index is 0.0206. The van der Waals surface area contributed by atoms with Gasteiger partial charge in [0.1, 0.15) is 0 Å². The number of carbonyl (C=O) groups is 1. The van der Waals surface area contributed by atoms with Crippen molar-refractivity contribution >= 4 is 33.7 Å². The highest BCUT2D eigenvalue weighted by molar-refractivity contribution is 9.10. The van der Waals surface area contributed by atoms with Gasteiger partial charge in [-0.15, -0.1) is 0 Å². The second-order valence-corrected chi connectivity index (χ2v) is 5.38. The maximum Gasteiger partial charge on any atom is 0.271 e. The summed E-state index contributed by atoms with van der Waals surface area (Å²) in [5, 5.41) is 14.5. The number of hydrazone groups is 1. The highest BCUT2D eigenvalue weighted by Crippen LogP contribution is 2.21. The number of nitrogens with one attached hydrogen (secondary N) is 1. The molecule has 0 spiro atoms. The standard InChI is InChI=1S/C15H12BrN3O3/c1-10-2-4-11(5-3-10)15(20)18-17-9-12-6-7-13(19(21)22)8-14(12)16/h2-9H,1H3,(H,18,20)/b17-9-. The van der Waals surface area contributed by atoms with Gasteiger partial charge in [0.05, 0.1) is 11.1 Å². The summed E-state index contributed by atoms with van der Waals surface area (Å²) in [6.45, 7) is 1.94. The van der Waals surface area contributed by atoms with Gasteiger partial charge in [0.25, 0.3) is 11.6 Å². The molecule has 0 bridgehead atoms. The fourth-order valence-electron chi connectivity index (χ4n) is 1.66. The van der Waals surface area contributed by atoms with Crippen molar-refractivity contribution in [2.75, 3.05) is 0 Å². The lowest BCUT2D eigenvalue weighted by molar-refractivity contribution is -0.384. The van der Waals surface area contributed by atoms with Gasteiger partial charge in [0, 0.05) is 27.7 Å². The Morgan fingerprint density at radius 1 is 1.27 bits per heavy atom. The van der Waals surface area contributed by atoms with E-state index in [1.54, 1.807) is 18.2 Å². The lowest BCUT2D eigenvalue weighted by Gasteiger charge is -2.01. The molecular weight excluding hydrogens is 350 g/mol. The number of non-ortho nitro benzene ring substituents is 1. The number of nitro benzene ring substituents is 1. The Bertz CT molecular complexity index is 742. The number of halogens is 1. The third kappa shape index (κ3) is 3.98. The van der Waals surface area contributed by atoms with Crippen LogP contribution in [-0.4, -0.2) is 17.0 Å². The Hall–Kier alpha value is -2.54. The number of aryl methyl sites for hydroxylation is 1. The maximum atomic E-state index is 11.8. The maximum absolute atomic E-state index is 11.8. The van der Waals surface area contributed by atoms with Gasteiger partial charge in [-0.25, -0.2) is 5.43 Å². The molecule has 0 aliphatic rings. The van der Waals surface area contributed by atoms with Crippen molar-refractivity contribution in [2.45, 2.75) is 6.92 Å². The molecule has 2 rings (SSSR count). The molecule has 0 unspecified atom stereocenters. The summed E-state index contributed by atoms with van der Waals surface area (Å²) >= 11 is 3.23. The number of amides is 1. The molecule has 1 N–H and O–H groups in total.